The number of hydrogen-bond acceptors (Lipinski definition) is 2. The third-order valence-corrected chi connectivity index (χ3v) is 6.15. The number of nitrogens with zero attached hydrogens (tertiary/aromatic N) is 1. The number of piperidine rings is 1. The van der Waals surface area contributed by atoms with Gasteiger partial charge in [-0.15, -0.1) is 0 Å². The fourth-order valence-corrected chi connectivity index (χ4v) is 5.29. The Balaban J connectivity index is 1.76. The Labute approximate surface area is 189 Å². The SMILES string of the molecule is CC1(C)CC(NC(=S)N(Cc2ccccc2)Cc2cccc(Br)c2)CC(C)(C)N1. The van der Waals surface area contributed by atoms with Crippen molar-refractivity contribution in [1.82, 2.24) is 15.5 Å². The number of rotatable bonds is 5. The highest BCUT2D eigenvalue weighted by Crippen LogP contribution is 2.28. The third kappa shape index (κ3) is 6.80. The summed E-state index contributed by atoms with van der Waals surface area (Å²) >= 11 is 9.51. The van der Waals surface area contributed by atoms with E-state index in [-0.39, 0.29) is 11.1 Å². The van der Waals surface area contributed by atoms with E-state index in [1.54, 1.807) is 0 Å². The summed E-state index contributed by atoms with van der Waals surface area (Å²) in [5, 5.41) is 8.27. The third-order valence-electron chi connectivity index (χ3n) is 5.28. The lowest BCUT2D eigenvalue weighted by atomic mass is 9.80. The van der Waals surface area contributed by atoms with Gasteiger partial charge in [-0.05, 0) is 76.0 Å². The Morgan fingerprint density at radius 3 is 2.21 bits per heavy atom. The molecule has 29 heavy (non-hydrogen) atoms. The van der Waals surface area contributed by atoms with Crippen molar-refractivity contribution >= 4 is 33.3 Å². The van der Waals surface area contributed by atoms with Gasteiger partial charge in [0.1, 0.15) is 0 Å². The minimum absolute atomic E-state index is 0.0869. The molecule has 156 valence electrons. The molecule has 0 bridgehead atoms. The van der Waals surface area contributed by atoms with Crippen molar-refractivity contribution in [2.75, 3.05) is 0 Å². The van der Waals surface area contributed by atoms with E-state index in [1.165, 1.54) is 11.1 Å². The first-order valence-electron chi connectivity index (χ1n) is 10.3. The molecule has 5 heteroatoms. The van der Waals surface area contributed by atoms with Crippen molar-refractivity contribution in [2.45, 2.75) is 70.7 Å². The smallest absolute Gasteiger partial charge is 0.169 e. The van der Waals surface area contributed by atoms with Gasteiger partial charge in [-0.2, -0.15) is 0 Å². The Kier molecular flexibility index (Phi) is 7.02. The number of benzene rings is 2. The van der Waals surface area contributed by atoms with Gasteiger partial charge in [-0.25, -0.2) is 0 Å². The van der Waals surface area contributed by atoms with Crippen molar-refractivity contribution in [1.29, 1.82) is 0 Å². The van der Waals surface area contributed by atoms with Gasteiger partial charge in [0.2, 0.25) is 0 Å². The first-order chi connectivity index (χ1) is 13.6. The molecule has 1 aliphatic heterocycles. The highest BCUT2D eigenvalue weighted by molar-refractivity contribution is 9.10. The van der Waals surface area contributed by atoms with Crippen LogP contribution in [0.25, 0.3) is 0 Å². The van der Waals surface area contributed by atoms with Gasteiger partial charge in [-0.3, -0.25) is 0 Å². The molecule has 1 aliphatic rings. The standard InChI is InChI=1S/C24H32BrN3S/c1-23(2)14-21(15-24(3,4)27-23)26-22(29)28(16-18-9-6-5-7-10-18)17-19-11-8-12-20(25)13-19/h5-13,21,27H,14-17H2,1-4H3,(H,26,29). The zero-order valence-corrected chi connectivity index (χ0v) is 20.2. The second-order valence-corrected chi connectivity index (χ2v) is 10.7. The van der Waals surface area contributed by atoms with Gasteiger partial charge in [0.15, 0.2) is 5.11 Å². The molecule has 1 saturated heterocycles. The van der Waals surface area contributed by atoms with Gasteiger partial charge >= 0.3 is 0 Å². The molecule has 0 atom stereocenters. The molecule has 2 aromatic rings. The van der Waals surface area contributed by atoms with Crippen LogP contribution >= 0.6 is 28.1 Å². The van der Waals surface area contributed by atoms with Gasteiger partial charge in [0.25, 0.3) is 0 Å². The molecule has 0 saturated carbocycles. The molecule has 0 amide bonds. The molecule has 0 aliphatic carbocycles. The highest BCUT2D eigenvalue weighted by atomic mass is 79.9. The van der Waals surface area contributed by atoms with E-state index in [0.29, 0.717) is 6.04 Å². The van der Waals surface area contributed by atoms with Crippen LogP contribution in [-0.2, 0) is 13.1 Å². The summed E-state index contributed by atoms with van der Waals surface area (Å²) in [6.45, 7) is 10.7. The van der Waals surface area contributed by atoms with Crippen LogP contribution in [0.3, 0.4) is 0 Å². The van der Waals surface area contributed by atoms with E-state index in [0.717, 1.165) is 35.5 Å². The van der Waals surface area contributed by atoms with Crippen LogP contribution in [0, 0.1) is 0 Å². The number of nitrogens with one attached hydrogen (secondary N) is 2. The summed E-state index contributed by atoms with van der Waals surface area (Å²) in [7, 11) is 0. The van der Waals surface area contributed by atoms with E-state index < -0.39 is 0 Å². The quantitative estimate of drug-likeness (QED) is 0.549. The number of thiocarbonyl (C=S) groups is 1. The molecule has 3 rings (SSSR count). The Bertz CT molecular complexity index is 819. The summed E-state index contributed by atoms with van der Waals surface area (Å²) in [6.07, 6.45) is 2.10. The van der Waals surface area contributed by atoms with Crippen molar-refractivity contribution in [2.24, 2.45) is 0 Å². The Morgan fingerprint density at radius 2 is 1.59 bits per heavy atom. The van der Waals surface area contributed by atoms with Crippen LogP contribution in [0.2, 0.25) is 0 Å². The summed E-state index contributed by atoms with van der Waals surface area (Å²) in [5.74, 6) is 0. The summed E-state index contributed by atoms with van der Waals surface area (Å²) in [6, 6.07) is 19.4. The molecule has 2 aromatic carbocycles. The van der Waals surface area contributed by atoms with Gasteiger partial charge < -0.3 is 15.5 Å². The van der Waals surface area contributed by atoms with E-state index in [1.807, 2.05) is 0 Å². The van der Waals surface area contributed by atoms with Crippen molar-refractivity contribution in [3.8, 4) is 0 Å². The van der Waals surface area contributed by atoms with Crippen LogP contribution in [0.15, 0.2) is 59.1 Å². The van der Waals surface area contributed by atoms with Crippen molar-refractivity contribution in [3.05, 3.63) is 70.2 Å². The predicted molar refractivity (Wildman–Crippen MR) is 130 cm³/mol. The molecule has 0 radical (unpaired) electrons. The maximum absolute atomic E-state index is 5.92. The minimum atomic E-state index is 0.0869. The summed E-state index contributed by atoms with van der Waals surface area (Å²) in [4.78, 5) is 2.27. The predicted octanol–water partition coefficient (Wildman–Crippen LogP) is 5.64. The molecule has 1 heterocycles. The number of halogens is 1. The molecular weight excluding hydrogens is 442 g/mol. The maximum Gasteiger partial charge on any atom is 0.169 e. The minimum Gasteiger partial charge on any atom is -0.360 e. The summed E-state index contributed by atoms with van der Waals surface area (Å²) in [5.41, 5.74) is 2.68. The molecule has 0 unspecified atom stereocenters. The van der Waals surface area contributed by atoms with E-state index in [4.69, 9.17) is 12.2 Å². The fourth-order valence-electron chi connectivity index (χ4n) is 4.55. The van der Waals surface area contributed by atoms with Crippen LogP contribution in [0.5, 0.6) is 0 Å². The highest BCUT2D eigenvalue weighted by Gasteiger charge is 2.38. The van der Waals surface area contributed by atoms with Gasteiger partial charge in [0, 0.05) is 34.7 Å². The molecule has 0 spiro atoms. The van der Waals surface area contributed by atoms with Gasteiger partial charge in [-0.1, -0.05) is 58.4 Å². The number of hydrogen-bond donors (Lipinski definition) is 2. The molecule has 0 aromatic heterocycles. The molecular formula is C24H32BrN3S. The van der Waals surface area contributed by atoms with Crippen LogP contribution in [-0.4, -0.2) is 27.1 Å². The molecule has 1 fully saturated rings. The van der Waals surface area contributed by atoms with Crippen molar-refractivity contribution < 1.29 is 0 Å². The zero-order valence-electron chi connectivity index (χ0n) is 17.8. The second kappa shape index (κ2) is 9.15. The molecule has 2 N–H and O–H groups in total. The largest absolute Gasteiger partial charge is 0.360 e. The monoisotopic (exact) mass is 473 g/mol. The Hall–Kier alpha value is -1.43. The van der Waals surface area contributed by atoms with E-state index in [2.05, 4.69) is 114 Å². The molecule has 3 nitrogen and oxygen atoms in total. The van der Waals surface area contributed by atoms with Gasteiger partial charge in [0.05, 0.1) is 0 Å². The maximum atomic E-state index is 5.92. The topological polar surface area (TPSA) is 27.3 Å². The lowest BCUT2D eigenvalue weighted by Gasteiger charge is -2.47. The first-order valence-corrected chi connectivity index (χ1v) is 11.5. The van der Waals surface area contributed by atoms with Crippen LogP contribution < -0.4 is 10.6 Å². The lowest BCUT2D eigenvalue weighted by molar-refractivity contribution is 0.153. The lowest BCUT2D eigenvalue weighted by Crippen LogP contribution is -2.62. The Morgan fingerprint density at radius 1 is 1.00 bits per heavy atom. The average Bonchev–Trinajstić information content (AvgIpc) is 2.59. The second-order valence-electron chi connectivity index (χ2n) is 9.42. The van der Waals surface area contributed by atoms with Crippen LogP contribution in [0.4, 0.5) is 0 Å². The fraction of sp³-hybridized carbons (Fsp3) is 0.458. The van der Waals surface area contributed by atoms with Crippen LogP contribution in [0.1, 0.15) is 51.7 Å². The summed E-state index contributed by atoms with van der Waals surface area (Å²) < 4.78 is 1.09. The van der Waals surface area contributed by atoms with E-state index >= 15 is 0 Å². The van der Waals surface area contributed by atoms with Crippen molar-refractivity contribution in [3.63, 3.8) is 0 Å². The average molecular weight is 475 g/mol. The van der Waals surface area contributed by atoms with E-state index in [9.17, 15) is 0 Å². The normalized spacial score (nSPS) is 18.2. The zero-order chi connectivity index (χ0) is 21.1. The first kappa shape index (κ1) is 22.3.